The van der Waals surface area contributed by atoms with Crippen molar-refractivity contribution >= 4 is 33.2 Å². The normalized spacial score (nSPS) is 10.7. The molecule has 11 heavy (non-hydrogen) atoms. The maximum atomic E-state index is 5.64. The number of nitrogens with zero attached hydrogens (tertiary/aromatic N) is 4. The second kappa shape index (κ2) is 2.42. The number of aromatic nitrogens is 4. The highest BCUT2D eigenvalue weighted by atomic mass is 79.9. The van der Waals surface area contributed by atoms with Crippen LogP contribution in [0.4, 0.5) is 0 Å². The summed E-state index contributed by atoms with van der Waals surface area (Å²) in [4.78, 5) is 0. The van der Waals surface area contributed by atoms with Gasteiger partial charge in [0.2, 0.25) is 4.73 Å². The van der Waals surface area contributed by atoms with Crippen molar-refractivity contribution in [1.82, 2.24) is 19.8 Å². The SMILES string of the molecule is Clc1ccc2nnc(Br)n2n1. The first-order chi connectivity index (χ1) is 5.27. The fourth-order valence-electron chi connectivity index (χ4n) is 0.740. The summed E-state index contributed by atoms with van der Waals surface area (Å²) in [6, 6.07) is 3.41. The Morgan fingerprint density at radius 1 is 1.36 bits per heavy atom. The van der Waals surface area contributed by atoms with Crippen molar-refractivity contribution < 1.29 is 0 Å². The molecule has 0 aliphatic heterocycles. The highest BCUT2D eigenvalue weighted by Gasteiger charge is 2.01. The molecule has 0 unspecified atom stereocenters. The van der Waals surface area contributed by atoms with Gasteiger partial charge in [-0.1, -0.05) is 11.6 Å². The third-order valence-electron chi connectivity index (χ3n) is 1.19. The van der Waals surface area contributed by atoms with Gasteiger partial charge in [0.15, 0.2) is 5.65 Å². The Hall–Kier alpha value is -0.680. The van der Waals surface area contributed by atoms with Gasteiger partial charge in [-0.05, 0) is 28.1 Å². The quantitative estimate of drug-likeness (QED) is 0.693. The largest absolute Gasteiger partial charge is 0.221 e. The van der Waals surface area contributed by atoms with Gasteiger partial charge < -0.3 is 0 Å². The average molecular weight is 233 g/mol. The highest BCUT2D eigenvalue weighted by Crippen LogP contribution is 2.10. The Bertz CT molecular complexity index is 398. The zero-order valence-corrected chi connectivity index (χ0v) is 7.54. The topological polar surface area (TPSA) is 43.1 Å². The Balaban J connectivity index is 2.87. The lowest BCUT2D eigenvalue weighted by Gasteiger charge is -1.90. The van der Waals surface area contributed by atoms with E-state index in [1.165, 1.54) is 4.52 Å². The van der Waals surface area contributed by atoms with Crippen molar-refractivity contribution in [3.8, 4) is 0 Å². The second-order valence-corrected chi connectivity index (χ2v) is 2.99. The summed E-state index contributed by atoms with van der Waals surface area (Å²) < 4.78 is 2.07. The molecule has 2 aromatic heterocycles. The molecule has 0 amide bonds. The van der Waals surface area contributed by atoms with Crippen molar-refractivity contribution in [2.45, 2.75) is 0 Å². The van der Waals surface area contributed by atoms with Crippen LogP contribution in [0.3, 0.4) is 0 Å². The second-order valence-electron chi connectivity index (χ2n) is 1.90. The molecule has 2 rings (SSSR count). The minimum atomic E-state index is 0.415. The molecular formula is C5H2BrClN4. The predicted molar refractivity (Wildman–Crippen MR) is 43.5 cm³/mol. The zero-order valence-electron chi connectivity index (χ0n) is 5.20. The van der Waals surface area contributed by atoms with Crippen LogP contribution in [0.25, 0.3) is 5.65 Å². The van der Waals surface area contributed by atoms with E-state index >= 15 is 0 Å². The van der Waals surface area contributed by atoms with Gasteiger partial charge in [0.25, 0.3) is 0 Å². The molecular weight excluding hydrogens is 231 g/mol. The third kappa shape index (κ3) is 1.10. The average Bonchev–Trinajstić information content (AvgIpc) is 2.33. The van der Waals surface area contributed by atoms with Crippen LogP contribution in [0, 0.1) is 0 Å². The number of hydrogen-bond acceptors (Lipinski definition) is 3. The summed E-state index contributed by atoms with van der Waals surface area (Å²) in [6.45, 7) is 0. The summed E-state index contributed by atoms with van der Waals surface area (Å²) in [7, 11) is 0. The van der Waals surface area contributed by atoms with Crippen molar-refractivity contribution in [3.63, 3.8) is 0 Å². The lowest BCUT2D eigenvalue weighted by molar-refractivity contribution is 0.898. The molecule has 0 fully saturated rings. The Morgan fingerprint density at radius 2 is 2.18 bits per heavy atom. The number of rotatable bonds is 0. The lowest BCUT2D eigenvalue weighted by Crippen LogP contribution is -1.90. The molecule has 0 bridgehead atoms. The number of fused-ring (bicyclic) bond motifs is 1. The minimum absolute atomic E-state index is 0.415. The van der Waals surface area contributed by atoms with Gasteiger partial charge in [-0.2, -0.15) is 9.61 Å². The highest BCUT2D eigenvalue weighted by molar-refractivity contribution is 9.10. The van der Waals surface area contributed by atoms with Gasteiger partial charge in [0.1, 0.15) is 5.15 Å². The predicted octanol–water partition coefficient (Wildman–Crippen LogP) is 1.54. The zero-order chi connectivity index (χ0) is 7.84. The summed E-state index contributed by atoms with van der Waals surface area (Å²) in [6.07, 6.45) is 0. The van der Waals surface area contributed by atoms with Crippen LogP contribution in [0.15, 0.2) is 16.9 Å². The monoisotopic (exact) mass is 232 g/mol. The fraction of sp³-hybridized carbons (Fsp3) is 0. The first-order valence-corrected chi connectivity index (χ1v) is 3.98. The van der Waals surface area contributed by atoms with Gasteiger partial charge in [-0.3, -0.25) is 0 Å². The first kappa shape index (κ1) is 7.00. The summed E-state index contributed by atoms with van der Waals surface area (Å²) >= 11 is 8.81. The van der Waals surface area contributed by atoms with E-state index in [-0.39, 0.29) is 0 Å². The van der Waals surface area contributed by atoms with Gasteiger partial charge in [0.05, 0.1) is 0 Å². The van der Waals surface area contributed by atoms with E-state index in [0.29, 0.717) is 15.5 Å². The van der Waals surface area contributed by atoms with Crippen molar-refractivity contribution in [1.29, 1.82) is 0 Å². The van der Waals surface area contributed by atoms with Crippen LogP contribution in [0.2, 0.25) is 5.15 Å². The Labute approximate surface area is 75.3 Å². The molecule has 0 saturated carbocycles. The van der Waals surface area contributed by atoms with Crippen molar-refractivity contribution in [3.05, 3.63) is 22.0 Å². The maximum absolute atomic E-state index is 5.64. The summed E-state index contributed by atoms with van der Waals surface area (Å²) in [5.74, 6) is 0. The Kier molecular flexibility index (Phi) is 1.54. The third-order valence-corrected chi connectivity index (χ3v) is 1.89. The van der Waals surface area contributed by atoms with Gasteiger partial charge in [-0.15, -0.1) is 10.2 Å². The van der Waals surface area contributed by atoms with Crippen LogP contribution in [0.5, 0.6) is 0 Å². The molecule has 56 valence electrons. The van der Waals surface area contributed by atoms with Crippen LogP contribution in [-0.4, -0.2) is 19.8 Å². The van der Waals surface area contributed by atoms with Crippen molar-refractivity contribution in [2.24, 2.45) is 0 Å². The van der Waals surface area contributed by atoms with Gasteiger partial charge in [-0.25, -0.2) is 0 Å². The van der Waals surface area contributed by atoms with Crippen molar-refractivity contribution in [2.75, 3.05) is 0 Å². The molecule has 6 heteroatoms. The van der Waals surface area contributed by atoms with Crippen LogP contribution in [0.1, 0.15) is 0 Å². The van der Waals surface area contributed by atoms with Crippen LogP contribution in [-0.2, 0) is 0 Å². The van der Waals surface area contributed by atoms with E-state index < -0.39 is 0 Å². The molecule has 0 aliphatic rings. The molecule has 0 spiro atoms. The molecule has 0 atom stereocenters. The van der Waals surface area contributed by atoms with Gasteiger partial charge in [0, 0.05) is 0 Å². The first-order valence-electron chi connectivity index (χ1n) is 2.81. The Morgan fingerprint density at radius 3 is 3.00 bits per heavy atom. The smallest absolute Gasteiger partial charge is 0.186 e. The molecule has 2 aromatic rings. The van der Waals surface area contributed by atoms with E-state index in [9.17, 15) is 0 Å². The van der Waals surface area contributed by atoms with Crippen LogP contribution < -0.4 is 0 Å². The number of hydrogen-bond donors (Lipinski definition) is 0. The minimum Gasteiger partial charge on any atom is -0.186 e. The van der Waals surface area contributed by atoms with E-state index in [2.05, 4.69) is 31.2 Å². The van der Waals surface area contributed by atoms with E-state index in [4.69, 9.17) is 11.6 Å². The molecule has 0 saturated heterocycles. The van der Waals surface area contributed by atoms with E-state index in [1.54, 1.807) is 12.1 Å². The molecule has 4 nitrogen and oxygen atoms in total. The summed E-state index contributed by atoms with van der Waals surface area (Å²) in [5, 5.41) is 11.9. The molecule has 0 aromatic carbocycles. The number of halogens is 2. The molecule has 2 heterocycles. The molecule has 0 aliphatic carbocycles. The van der Waals surface area contributed by atoms with E-state index in [1.807, 2.05) is 0 Å². The lowest BCUT2D eigenvalue weighted by atomic mass is 10.6. The molecule has 0 N–H and O–H groups in total. The summed E-state index contributed by atoms with van der Waals surface area (Å²) in [5.41, 5.74) is 0.668. The fourth-order valence-corrected chi connectivity index (χ4v) is 1.22. The van der Waals surface area contributed by atoms with Crippen LogP contribution >= 0.6 is 27.5 Å². The molecule has 0 radical (unpaired) electrons. The van der Waals surface area contributed by atoms with Gasteiger partial charge >= 0.3 is 0 Å². The maximum Gasteiger partial charge on any atom is 0.221 e. The standard InChI is InChI=1S/C5H2BrClN4/c6-5-9-8-4-2-1-3(7)10-11(4)5/h1-2H. The van der Waals surface area contributed by atoms with E-state index in [0.717, 1.165) is 0 Å².